The summed E-state index contributed by atoms with van der Waals surface area (Å²) in [6.45, 7) is 4.44. The van der Waals surface area contributed by atoms with Crippen molar-refractivity contribution in [3.63, 3.8) is 0 Å². The van der Waals surface area contributed by atoms with Gasteiger partial charge in [0, 0.05) is 16.8 Å². The van der Waals surface area contributed by atoms with E-state index in [0.29, 0.717) is 11.7 Å². The average Bonchev–Trinajstić information content (AvgIpc) is 2.53. The molecule has 138 valence electrons. The van der Waals surface area contributed by atoms with Gasteiger partial charge in [0.1, 0.15) is 5.75 Å². The molecule has 2 aromatic carbocycles. The highest BCUT2D eigenvalue weighted by Crippen LogP contribution is 2.52. The molecule has 3 heteroatoms. The van der Waals surface area contributed by atoms with Crippen LogP contribution in [-0.4, -0.2) is 5.11 Å². The van der Waals surface area contributed by atoms with Crippen LogP contribution in [0.15, 0.2) is 42.5 Å². The van der Waals surface area contributed by atoms with Crippen LogP contribution >= 0.6 is 0 Å². The van der Waals surface area contributed by atoms with Crippen LogP contribution in [0.2, 0.25) is 0 Å². The number of aromatic hydroxyl groups is 1. The van der Waals surface area contributed by atoms with Crippen LogP contribution in [-0.2, 0) is 17.5 Å². The van der Waals surface area contributed by atoms with E-state index in [1.54, 1.807) is 6.07 Å². The zero-order valence-electron chi connectivity index (χ0n) is 15.9. The predicted molar refractivity (Wildman–Crippen MR) is 107 cm³/mol. The second-order valence-corrected chi connectivity index (χ2v) is 8.63. The van der Waals surface area contributed by atoms with Gasteiger partial charge in [-0.3, -0.25) is 5.32 Å². The van der Waals surface area contributed by atoms with Gasteiger partial charge in [-0.05, 0) is 86.8 Å². The molecule has 0 spiro atoms. The maximum Gasteiger partial charge on any atom is 0.115 e. The Hall–Kier alpha value is -2.00. The fourth-order valence-electron chi connectivity index (χ4n) is 5.12. The minimum atomic E-state index is -0.259. The third kappa shape index (κ3) is 2.79. The SMILES string of the molecule is CC(C)(NC1(C2CCC2)CCCc2cccc(N)c21)c1cccc(O)c1. The predicted octanol–water partition coefficient (Wildman–Crippen LogP) is 4.83. The summed E-state index contributed by atoms with van der Waals surface area (Å²) in [7, 11) is 0. The third-order valence-electron chi connectivity index (χ3n) is 6.55. The molecule has 4 rings (SSSR count). The highest BCUT2D eigenvalue weighted by Gasteiger charge is 2.49. The Labute approximate surface area is 156 Å². The summed E-state index contributed by atoms with van der Waals surface area (Å²) in [4.78, 5) is 0. The number of nitrogens with one attached hydrogen (secondary N) is 1. The summed E-state index contributed by atoms with van der Waals surface area (Å²) < 4.78 is 0. The van der Waals surface area contributed by atoms with Crippen molar-refractivity contribution in [1.29, 1.82) is 0 Å². The van der Waals surface area contributed by atoms with E-state index in [1.165, 1.54) is 36.8 Å². The number of nitrogen functional groups attached to an aromatic ring is 1. The van der Waals surface area contributed by atoms with Crippen molar-refractivity contribution < 1.29 is 5.11 Å². The van der Waals surface area contributed by atoms with Crippen molar-refractivity contribution in [2.75, 3.05) is 5.73 Å². The number of phenolic OH excluding ortho intramolecular Hbond substituents is 1. The second kappa shape index (κ2) is 6.31. The van der Waals surface area contributed by atoms with E-state index in [-0.39, 0.29) is 11.1 Å². The Morgan fingerprint density at radius 2 is 1.88 bits per heavy atom. The molecular weight excluding hydrogens is 320 g/mol. The number of fused-ring (bicyclic) bond motifs is 1. The summed E-state index contributed by atoms with van der Waals surface area (Å²) in [6.07, 6.45) is 7.26. The molecule has 0 saturated heterocycles. The normalized spacial score (nSPS) is 23.3. The van der Waals surface area contributed by atoms with E-state index in [2.05, 4.69) is 43.4 Å². The molecule has 1 unspecified atom stereocenters. The molecule has 1 atom stereocenters. The molecule has 0 bridgehead atoms. The number of benzene rings is 2. The van der Waals surface area contributed by atoms with Crippen LogP contribution in [0.25, 0.3) is 0 Å². The number of aryl methyl sites for hydroxylation is 1. The Bertz CT molecular complexity index is 810. The van der Waals surface area contributed by atoms with E-state index in [0.717, 1.165) is 24.1 Å². The molecule has 26 heavy (non-hydrogen) atoms. The minimum absolute atomic E-state index is 0.0772. The van der Waals surface area contributed by atoms with Crippen molar-refractivity contribution in [3.8, 4) is 5.75 Å². The summed E-state index contributed by atoms with van der Waals surface area (Å²) in [5, 5.41) is 14.0. The molecule has 3 nitrogen and oxygen atoms in total. The lowest BCUT2D eigenvalue weighted by Crippen LogP contribution is -2.58. The van der Waals surface area contributed by atoms with E-state index >= 15 is 0 Å². The zero-order chi connectivity index (χ0) is 18.4. The molecule has 0 aromatic heterocycles. The molecule has 2 aromatic rings. The van der Waals surface area contributed by atoms with Crippen molar-refractivity contribution in [1.82, 2.24) is 5.32 Å². The topological polar surface area (TPSA) is 58.3 Å². The lowest BCUT2D eigenvalue weighted by atomic mass is 9.61. The molecular formula is C23H30N2O. The Morgan fingerprint density at radius 1 is 1.12 bits per heavy atom. The first-order valence-corrected chi connectivity index (χ1v) is 9.89. The number of phenols is 1. The van der Waals surface area contributed by atoms with Crippen molar-refractivity contribution in [3.05, 3.63) is 59.2 Å². The standard InChI is InChI=1S/C23H30N2O/c1-22(2,18-11-5-12-19(26)15-18)25-23(17-9-4-10-17)14-6-8-16-7-3-13-20(24)21(16)23/h3,5,7,11-13,15,17,25-26H,4,6,8-10,14,24H2,1-2H3. The fraction of sp³-hybridized carbons (Fsp3) is 0.478. The number of rotatable bonds is 4. The Kier molecular flexibility index (Phi) is 4.23. The Morgan fingerprint density at radius 3 is 2.58 bits per heavy atom. The molecule has 0 aliphatic heterocycles. The third-order valence-corrected chi connectivity index (χ3v) is 6.55. The molecule has 2 aliphatic rings. The number of hydrogen-bond acceptors (Lipinski definition) is 3. The van der Waals surface area contributed by atoms with Crippen LogP contribution in [0.4, 0.5) is 5.69 Å². The van der Waals surface area contributed by atoms with Crippen molar-refractivity contribution in [2.24, 2.45) is 5.92 Å². The van der Waals surface area contributed by atoms with Gasteiger partial charge in [-0.25, -0.2) is 0 Å². The van der Waals surface area contributed by atoms with Gasteiger partial charge in [-0.2, -0.15) is 0 Å². The molecule has 0 heterocycles. The van der Waals surface area contributed by atoms with Gasteiger partial charge < -0.3 is 10.8 Å². The number of nitrogens with two attached hydrogens (primary N) is 1. The summed E-state index contributed by atoms with van der Waals surface area (Å²) >= 11 is 0. The Balaban J connectivity index is 1.80. The first-order valence-electron chi connectivity index (χ1n) is 9.89. The van der Waals surface area contributed by atoms with Crippen LogP contribution in [0.5, 0.6) is 5.75 Å². The molecule has 1 saturated carbocycles. The lowest BCUT2D eigenvalue weighted by Gasteiger charge is -2.53. The van der Waals surface area contributed by atoms with Crippen LogP contribution in [0, 0.1) is 5.92 Å². The molecule has 0 amide bonds. The van der Waals surface area contributed by atoms with Crippen LogP contribution in [0.3, 0.4) is 0 Å². The summed E-state index contributed by atoms with van der Waals surface area (Å²) in [5.41, 5.74) is 11.0. The zero-order valence-corrected chi connectivity index (χ0v) is 15.9. The van der Waals surface area contributed by atoms with Gasteiger partial charge >= 0.3 is 0 Å². The van der Waals surface area contributed by atoms with Gasteiger partial charge in [0.05, 0.1) is 0 Å². The first-order chi connectivity index (χ1) is 12.4. The van der Waals surface area contributed by atoms with E-state index in [1.807, 2.05) is 12.1 Å². The van der Waals surface area contributed by atoms with Gasteiger partial charge in [-0.15, -0.1) is 0 Å². The first kappa shape index (κ1) is 17.4. The van der Waals surface area contributed by atoms with E-state index < -0.39 is 0 Å². The lowest BCUT2D eigenvalue weighted by molar-refractivity contribution is 0.0726. The maximum absolute atomic E-state index is 9.97. The largest absolute Gasteiger partial charge is 0.508 e. The van der Waals surface area contributed by atoms with Gasteiger partial charge in [0.2, 0.25) is 0 Å². The fourth-order valence-corrected chi connectivity index (χ4v) is 5.12. The van der Waals surface area contributed by atoms with Gasteiger partial charge in [0.25, 0.3) is 0 Å². The smallest absolute Gasteiger partial charge is 0.115 e. The number of hydrogen-bond donors (Lipinski definition) is 3. The number of anilines is 1. The van der Waals surface area contributed by atoms with Gasteiger partial charge in [-0.1, -0.05) is 30.7 Å². The van der Waals surface area contributed by atoms with E-state index in [4.69, 9.17) is 5.73 Å². The highest BCUT2D eigenvalue weighted by atomic mass is 16.3. The van der Waals surface area contributed by atoms with Gasteiger partial charge in [0.15, 0.2) is 0 Å². The van der Waals surface area contributed by atoms with Crippen LogP contribution < -0.4 is 11.1 Å². The van der Waals surface area contributed by atoms with Crippen molar-refractivity contribution >= 4 is 5.69 Å². The molecule has 0 radical (unpaired) electrons. The highest BCUT2D eigenvalue weighted by molar-refractivity contribution is 5.57. The van der Waals surface area contributed by atoms with E-state index in [9.17, 15) is 5.11 Å². The summed E-state index contributed by atoms with van der Waals surface area (Å²) in [5.74, 6) is 0.946. The van der Waals surface area contributed by atoms with Crippen LogP contribution in [0.1, 0.15) is 62.6 Å². The minimum Gasteiger partial charge on any atom is -0.508 e. The molecule has 1 fully saturated rings. The average molecular weight is 351 g/mol. The quantitative estimate of drug-likeness (QED) is 0.692. The second-order valence-electron chi connectivity index (χ2n) is 8.63. The van der Waals surface area contributed by atoms with Crippen molar-refractivity contribution in [2.45, 2.75) is 63.5 Å². The summed E-state index contributed by atoms with van der Waals surface area (Å²) in [6, 6.07) is 14.0. The molecule has 2 aliphatic carbocycles. The maximum atomic E-state index is 9.97. The molecule has 4 N–H and O–H groups in total. The monoisotopic (exact) mass is 350 g/mol.